The van der Waals surface area contributed by atoms with Gasteiger partial charge in [0.1, 0.15) is 0 Å². The molecule has 0 spiro atoms. The van der Waals surface area contributed by atoms with E-state index in [1.165, 1.54) is 12.1 Å². The van der Waals surface area contributed by atoms with Gasteiger partial charge in [-0.3, -0.25) is 0 Å². The van der Waals surface area contributed by atoms with E-state index in [2.05, 4.69) is 18.7 Å². The van der Waals surface area contributed by atoms with Gasteiger partial charge in [0.15, 0.2) is 0 Å². The number of aromatic carboxylic acids is 1. The van der Waals surface area contributed by atoms with E-state index in [-0.39, 0.29) is 0 Å². The van der Waals surface area contributed by atoms with Crippen LogP contribution < -0.4 is 4.90 Å². The maximum absolute atomic E-state index is 10.9. The van der Waals surface area contributed by atoms with Crippen molar-refractivity contribution in [2.24, 2.45) is 11.8 Å². The Morgan fingerprint density at radius 3 is 2.39 bits per heavy atom. The van der Waals surface area contributed by atoms with Crippen molar-refractivity contribution in [1.29, 1.82) is 0 Å². The standard InChI is InChI=1S/C15H21NO2/c1-10-6-11(2)9-16(8-10)14-5-4-13(15(17)18)7-12(14)3/h4-5,7,10-11H,6,8-9H2,1-3H3,(H,17,18). The lowest BCUT2D eigenvalue weighted by Gasteiger charge is -2.37. The number of benzene rings is 1. The van der Waals surface area contributed by atoms with Crippen LogP contribution in [0, 0.1) is 18.8 Å². The first-order valence-corrected chi connectivity index (χ1v) is 6.56. The van der Waals surface area contributed by atoms with E-state index in [0.717, 1.165) is 18.7 Å². The zero-order chi connectivity index (χ0) is 13.3. The molecule has 3 heteroatoms. The van der Waals surface area contributed by atoms with Crippen LogP contribution in [0.2, 0.25) is 0 Å². The fourth-order valence-electron chi connectivity index (χ4n) is 3.00. The molecule has 1 fully saturated rings. The fraction of sp³-hybridized carbons (Fsp3) is 0.533. The number of anilines is 1. The lowest BCUT2D eigenvalue weighted by atomic mass is 9.91. The molecule has 1 aliphatic rings. The molecule has 1 aliphatic heterocycles. The van der Waals surface area contributed by atoms with Crippen molar-refractivity contribution in [2.75, 3.05) is 18.0 Å². The number of carbonyl (C=O) groups is 1. The van der Waals surface area contributed by atoms with E-state index in [0.29, 0.717) is 17.4 Å². The number of piperidine rings is 1. The highest BCUT2D eigenvalue weighted by Crippen LogP contribution is 2.29. The molecule has 1 aromatic rings. The minimum Gasteiger partial charge on any atom is -0.478 e. The lowest BCUT2D eigenvalue weighted by molar-refractivity contribution is 0.0697. The molecule has 1 heterocycles. The largest absolute Gasteiger partial charge is 0.478 e. The molecule has 0 amide bonds. The molecule has 2 unspecified atom stereocenters. The van der Waals surface area contributed by atoms with Crippen LogP contribution in [0.1, 0.15) is 36.2 Å². The van der Waals surface area contributed by atoms with Crippen LogP contribution in [-0.4, -0.2) is 24.2 Å². The molecule has 1 saturated heterocycles. The predicted molar refractivity (Wildman–Crippen MR) is 73.3 cm³/mol. The number of hydrogen-bond donors (Lipinski definition) is 1. The van der Waals surface area contributed by atoms with Gasteiger partial charge in [-0.25, -0.2) is 4.79 Å². The average Bonchev–Trinajstić information content (AvgIpc) is 2.27. The summed E-state index contributed by atoms with van der Waals surface area (Å²) in [5, 5.41) is 8.98. The Hall–Kier alpha value is -1.51. The van der Waals surface area contributed by atoms with E-state index in [4.69, 9.17) is 5.11 Å². The fourth-order valence-corrected chi connectivity index (χ4v) is 3.00. The van der Waals surface area contributed by atoms with Gasteiger partial charge >= 0.3 is 5.97 Å². The molecule has 1 aromatic carbocycles. The molecule has 1 N–H and O–H groups in total. The molecule has 3 nitrogen and oxygen atoms in total. The minimum absolute atomic E-state index is 0.370. The quantitative estimate of drug-likeness (QED) is 0.872. The molecule has 18 heavy (non-hydrogen) atoms. The van der Waals surface area contributed by atoms with E-state index in [1.54, 1.807) is 12.1 Å². The first kappa shape index (κ1) is 12.9. The van der Waals surface area contributed by atoms with Crippen molar-refractivity contribution in [3.63, 3.8) is 0 Å². The molecule has 98 valence electrons. The smallest absolute Gasteiger partial charge is 0.335 e. The van der Waals surface area contributed by atoms with Gasteiger partial charge in [-0.15, -0.1) is 0 Å². The molecule has 0 aliphatic carbocycles. The molecule has 0 bridgehead atoms. The second-order valence-electron chi connectivity index (χ2n) is 5.66. The van der Waals surface area contributed by atoms with E-state index in [1.807, 2.05) is 13.0 Å². The number of carboxylic acids is 1. The molecular formula is C15H21NO2. The highest BCUT2D eigenvalue weighted by molar-refractivity contribution is 5.88. The molecule has 2 rings (SSSR count). The van der Waals surface area contributed by atoms with E-state index >= 15 is 0 Å². The van der Waals surface area contributed by atoms with Gasteiger partial charge < -0.3 is 10.0 Å². The number of nitrogens with zero attached hydrogens (tertiary/aromatic N) is 1. The third-order valence-corrected chi connectivity index (χ3v) is 3.65. The summed E-state index contributed by atoms with van der Waals surface area (Å²) in [4.78, 5) is 13.3. The summed E-state index contributed by atoms with van der Waals surface area (Å²) in [7, 11) is 0. The Morgan fingerprint density at radius 1 is 1.28 bits per heavy atom. The zero-order valence-corrected chi connectivity index (χ0v) is 11.3. The maximum atomic E-state index is 10.9. The van der Waals surface area contributed by atoms with Crippen molar-refractivity contribution in [3.8, 4) is 0 Å². The number of rotatable bonds is 2. The van der Waals surface area contributed by atoms with Crippen LogP contribution in [0.25, 0.3) is 0 Å². The van der Waals surface area contributed by atoms with Crippen molar-refractivity contribution >= 4 is 11.7 Å². The maximum Gasteiger partial charge on any atom is 0.335 e. The van der Waals surface area contributed by atoms with Crippen molar-refractivity contribution < 1.29 is 9.90 Å². The second kappa shape index (κ2) is 5.01. The Kier molecular flexibility index (Phi) is 3.60. The van der Waals surface area contributed by atoms with Crippen LogP contribution in [0.5, 0.6) is 0 Å². The van der Waals surface area contributed by atoms with Gasteiger partial charge in [0, 0.05) is 18.8 Å². The third-order valence-electron chi connectivity index (χ3n) is 3.65. The van der Waals surface area contributed by atoms with Gasteiger partial charge in [0.25, 0.3) is 0 Å². The Morgan fingerprint density at radius 2 is 1.89 bits per heavy atom. The molecule has 0 aromatic heterocycles. The van der Waals surface area contributed by atoms with Gasteiger partial charge in [0.05, 0.1) is 5.56 Å². The minimum atomic E-state index is -0.856. The zero-order valence-electron chi connectivity index (χ0n) is 11.3. The first-order valence-electron chi connectivity index (χ1n) is 6.56. The predicted octanol–water partition coefficient (Wildman–Crippen LogP) is 3.18. The van der Waals surface area contributed by atoms with E-state index in [9.17, 15) is 4.79 Å². The normalized spacial score (nSPS) is 24.1. The van der Waals surface area contributed by atoms with Crippen molar-refractivity contribution in [1.82, 2.24) is 0 Å². The van der Waals surface area contributed by atoms with Crippen molar-refractivity contribution in [2.45, 2.75) is 27.2 Å². The molecule has 0 radical (unpaired) electrons. The summed E-state index contributed by atoms with van der Waals surface area (Å²) < 4.78 is 0. The Balaban J connectivity index is 2.25. The Labute approximate surface area is 108 Å². The second-order valence-corrected chi connectivity index (χ2v) is 5.66. The third kappa shape index (κ3) is 2.66. The van der Waals surface area contributed by atoms with Gasteiger partial charge in [-0.05, 0) is 48.9 Å². The van der Waals surface area contributed by atoms with Crippen LogP contribution in [-0.2, 0) is 0 Å². The summed E-state index contributed by atoms with van der Waals surface area (Å²) in [6.07, 6.45) is 1.28. The van der Waals surface area contributed by atoms with Crippen molar-refractivity contribution in [3.05, 3.63) is 29.3 Å². The first-order chi connectivity index (χ1) is 8.47. The highest BCUT2D eigenvalue weighted by Gasteiger charge is 2.23. The molecular weight excluding hydrogens is 226 g/mol. The van der Waals surface area contributed by atoms with Gasteiger partial charge in [-0.2, -0.15) is 0 Å². The number of hydrogen-bond acceptors (Lipinski definition) is 2. The van der Waals surface area contributed by atoms with Crippen LogP contribution >= 0.6 is 0 Å². The summed E-state index contributed by atoms with van der Waals surface area (Å²) in [5.74, 6) is 0.546. The van der Waals surface area contributed by atoms with Gasteiger partial charge in [0.2, 0.25) is 0 Å². The Bertz CT molecular complexity index is 446. The monoisotopic (exact) mass is 247 g/mol. The molecule has 2 atom stereocenters. The number of carboxylic acid groups (broad SMARTS) is 1. The summed E-state index contributed by atoms with van der Waals surface area (Å²) in [5.41, 5.74) is 2.60. The molecule has 0 saturated carbocycles. The summed E-state index contributed by atoms with van der Waals surface area (Å²) in [6, 6.07) is 5.42. The SMILES string of the molecule is Cc1cc(C(=O)O)ccc1N1CC(C)CC(C)C1. The summed E-state index contributed by atoms with van der Waals surface area (Å²) in [6.45, 7) is 8.69. The lowest BCUT2D eigenvalue weighted by Crippen LogP contribution is -2.39. The average molecular weight is 247 g/mol. The highest BCUT2D eigenvalue weighted by atomic mass is 16.4. The van der Waals surface area contributed by atoms with E-state index < -0.39 is 5.97 Å². The number of aryl methyl sites for hydroxylation is 1. The van der Waals surface area contributed by atoms with Gasteiger partial charge in [-0.1, -0.05) is 13.8 Å². The van der Waals surface area contributed by atoms with Crippen LogP contribution in [0.15, 0.2) is 18.2 Å². The van der Waals surface area contributed by atoms with Crippen LogP contribution in [0.3, 0.4) is 0 Å². The topological polar surface area (TPSA) is 40.5 Å². The van der Waals surface area contributed by atoms with Crippen LogP contribution in [0.4, 0.5) is 5.69 Å². The summed E-state index contributed by atoms with van der Waals surface area (Å²) >= 11 is 0.